The minimum atomic E-state index is 0.0402. The zero-order valence-corrected chi connectivity index (χ0v) is 18.8. The van der Waals surface area contributed by atoms with Gasteiger partial charge in [0, 0.05) is 36.9 Å². The SMILES string of the molecule is CCCN(Cc1cccn1Cc1nc(C(=O)N2CCCC2)cs1)C(=O)c1cccs1. The molecule has 1 aliphatic rings. The van der Waals surface area contributed by atoms with Crippen LogP contribution in [0.4, 0.5) is 0 Å². The summed E-state index contributed by atoms with van der Waals surface area (Å²) in [5.74, 6) is 0.116. The Bertz CT molecular complexity index is 987. The lowest BCUT2D eigenvalue weighted by Gasteiger charge is -2.22. The molecule has 3 aromatic heterocycles. The van der Waals surface area contributed by atoms with E-state index in [2.05, 4.69) is 16.5 Å². The second kappa shape index (κ2) is 9.57. The monoisotopic (exact) mass is 442 g/mol. The molecule has 8 heteroatoms. The molecule has 0 aromatic carbocycles. The standard InChI is InChI=1S/C22H26N4O2S2/c1-2-9-26(22(28)19-8-6-13-29-19)14-17-7-5-12-25(17)15-20-23-18(16-30-20)21(27)24-10-3-4-11-24/h5-8,12-13,16H,2-4,9-11,14-15H2,1H3. The molecule has 6 nitrogen and oxygen atoms in total. The molecule has 1 fully saturated rings. The summed E-state index contributed by atoms with van der Waals surface area (Å²) in [7, 11) is 0. The van der Waals surface area contributed by atoms with E-state index in [1.165, 1.54) is 22.7 Å². The van der Waals surface area contributed by atoms with E-state index >= 15 is 0 Å². The molecule has 0 aliphatic carbocycles. The Kier molecular flexibility index (Phi) is 6.64. The first kappa shape index (κ1) is 20.8. The van der Waals surface area contributed by atoms with Gasteiger partial charge in [-0.1, -0.05) is 13.0 Å². The molecule has 3 aromatic rings. The zero-order valence-electron chi connectivity index (χ0n) is 17.1. The second-order valence-corrected chi connectivity index (χ2v) is 9.35. The minimum Gasteiger partial charge on any atom is -0.343 e. The summed E-state index contributed by atoms with van der Waals surface area (Å²) in [6.45, 7) is 5.63. The van der Waals surface area contributed by atoms with E-state index in [0.717, 1.165) is 47.9 Å². The molecule has 4 rings (SSSR count). The van der Waals surface area contributed by atoms with Crippen LogP contribution in [-0.4, -0.2) is 50.8 Å². The molecule has 0 unspecified atom stereocenters. The molecule has 1 aliphatic heterocycles. The van der Waals surface area contributed by atoms with Gasteiger partial charge in [-0.25, -0.2) is 4.98 Å². The second-order valence-electron chi connectivity index (χ2n) is 7.46. The fourth-order valence-corrected chi connectivity index (χ4v) is 5.19. The van der Waals surface area contributed by atoms with Crippen molar-refractivity contribution in [1.82, 2.24) is 19.4 Å². The molecule has 0 saturated carbocycles. The number of carbonyl (C=O) groups excluding carboxylic acids is 2. The largest absolute Gasteiger partial charge is 0.343 e. The third kappa shape index (κ3) is 4.65. The van der Waals surface area contributed by atoms with Crippen molar-refractivity contribution in [3.63, 3.8) is 0 Å². The summed E-state index contributed by atoms with van der Waals surface area (Å²) in [6, 6.07) is 7.84. The van der Waals surface area contributed by atoms with Crippen molar-refractivity contribution in [1.29, 1.82) is 0 Å². The van der Waals surface area contributed by atoms with E-state index in [1.807, 2.05) is 51.0 Å². The number of carbonyl (C=O) groups is 2. The first-order chi connectivity index (χ1) is 14.7. The van der Waals surface area contributed by atoms with Crippen molar-refractivity contribution in [3.05, 3.63) is 62.5 Å². The van der Waals surface area contributed by atoms with Crippen LogP contribution in [0, 0.1) is 0 Å². The van der Waals surface area contributed by atoms with Crippen LogP contribution in [0.3, 0.4) is 0 Å². The predicted molar refractivity (Wildman–Crippen MR) is 120 cm³/mol. The van der Waals surface area contributed by atoms with Gasteiger partial charge in [0.15, 0.2) is 0 Å². The number of hydrogen-bond acceptors (Lipinski definition) is 5. The van der Waals surface area contributed by atoms with E-state index in [-0.39, 0.29) is 11.8 Å². The number of aromatic nitrogens is 2. The number of nitrogens with zero attached hydrogens (tertiary/aromatic N) is 4. The Balaban J connectivity index is 1.45. The maximum Gasteiger partial charge on any atom is 0.273 e. The lowest BCUT2D eigenvalue weighted by Crippen LogP contribution is -2.31. The highest BCUT2D eigenvalue weighted by molar-refractivity contribution is 7.12. The lowest BCUT2D eigenvalue weighted by atomic mass is 10.3. The summed E-state index contributed by atoms with van der Waals surface area (Å²) in [5, 5.41) is 4.70. The van der Waals surface area contributed by atoms with E-state index in [9.17, 15) is 9.59 Å². The molecular weight excluding hydrogens is 416 g/mol. The first-order valence-corrected chi connectivity index (χ1v) is 12.1. The van der Waals surface area contributed by atoms with Gasteiger partial charge < -0.3 is 14.4 Å². The lowest BCUT2D eigenvalue weighted by molar-refractivity contribution is 0.0743. The minimum absolute atomic E-state index is 0.0402. The Morgan fingerprint density at radius 3 is 2.73 bits per heavy atom. The number of amides is 2. The van der Waals surface area contributed by atoms with Gasteiger partial charge in [-0.2, -0.15) is 0 Å². The number of likely N-dealkylation sites (tertiary alicyclic amines) is 1. The van der Waals surface area contributed by atoms with Crippen LogP contribution in [0.25, 0.3) is 0 Å². The van der Waals surface area contributed by atoms with E-state index < -0.39 is 0 Å². The van der Waals surface area contributed by atoms with Crippen LogP contribution < -0.4 is 0 Å². The molecule has 0 N–H and O–H groups in total. The fraction of sp³-hybridized carbons (Fsp3) is 0.409. The van der Waals surface area contributed by atoms with Crippen molar-refractivity contribution in [2.75, 3.05) is 19.6 Å². The zero-order chi connectivity index (χ0) is 20.9. The third-order valence-electron chi connectivity index (χ3n) is 5.26. The molecule has 1 saturated heterocycles. The maximum atomic E-state index is 12.9. The van der Waals surface area contributed by atoms with E-state index in [1.54, 1.807) is 0 Å². The smallest absolute Gasteiger partial charge is 0.273 e. The first-order valence-electron chi connectivity index (χ1n) is 10.4. The topological polar surface area (TPSA) is 58.4 Å². The normalized spacial score (nSPS) is 13.7. The van der Waals surface area contributed by atoms with Gasteiger partial charge in [0.25, 0.3) is 11.8 Å². The van der Waals surface area contributed by atoms with Crippen LogP contribution in [0.5, 0.6) is 0 Å². The molecule has 0 atom stereocenters. The van der Waals surface area contributed by atoms with Crippen LogP contribution in [-0.2, 0) is 13.1 Å². The van der Waals surface area contributed by atoms with Crippen molar-refractivity contribution in [3.8, 4) is 0 Å². The molecule has 158 valence electrons. The molecule has 0 spiro atoms. The van der Waals surface area contributed by atoms with Crippen molar-refractivity contribution in [2.24, 2.45) is 0 Å². The molecule has 4 heterocycles. The number of thiophene rings is 1. The highest BCUT2D eigenvalue weighted by Gasteiger charge is 2.22. The number of thiazole rings is 1. The van der Waals surface area contributed by atoms with E-state index in [0.29, 0.717) is 25.3 Å². The highest BCUT2D eigenvalue weighted by atomic mass is 32.1. The van der Waals surface area contributed by atoms with Gasteiger partial charge in [0.1, 0.15) is 10.7 Å². The fourth-order valence-electron chi connectivity index (χ4n) is 3.73. The summed E-state index contributed by atoms with van der Waals surface area (Å²) >= 11 is 3.00. The van der Waals surface area contributed by atoms with Crippen molar-refractivity contribution >= 4 is 34.5 Å². The maximum absolute atomic E-state index is 12.9. The van der Waals surface area contributed by atoms with Crippen LogP contribution in [0.1, 0.15) is 57.0 Å². The predicted octanol–water partition coefficient (Wildman–Crippen LogP) is 4.34. The van der Waals surface area contributed by atoms with Crippen LogP contribution >= 0.6 is 22.7 Å². The summed E-state index contributed by atoms with van der Waals surface area (Å²) in [6.07, 6.45) is 5.08. The molecule has 2 amide bonds. The van der Waals surface area contributed by atoms with Gasteiger partial charge in [-0.05, 0) is 42.8 Å². The van der Waals surface area contributed by atoms with Gasteiger partial charge in [-0.15, -0.1) is 22.7 Å². The van der Waals surface area contributed by atoms with Crippen molar-refractivity contribution in [2.45, 2.75) is 39.3 Å². The number of hydrogen-bond donors (Lipinski definition) is 0. The molecule has 0 radical (unpaired) electrons. The highest BCUT2D eigenvalue weighted by Crippen LogP contribution is 2.19. The van der Waals surface area contributed by atoms with Gasteiger partial charge in [-0.3, -0.25) is 9.59 Å². The van der Waals surface area contributed by atoms with Gasteiger partial charge >= 0.3 is 0 Å². The molecule has 0 bridgehead atoms. The van der Waals surface area contributed by atoms with Crippen LogP contribution in [0.15, 0.2) is 41.2 Å². The number of rotatable bonds is 8. The van der Waals surface area contributed by atoms with Crippen molar-refractivity contribution < 1.29 is 9.59 Å². The van der Waals surface area contributed by atoms with Crippen LogP contribution in [0.2, 0.25) is 0 Å². The third-order valence-corrected chi connectivity index (χ3v) is 6.95. The quantitative estimate of drug-likeness (QED) is 0.521. The Morgan fingerprint density at radius 2 is 2.00 bits per heavy atom. The Hall–Kier alpha value is -2.45. The average molecular weight is 443 g/mol. The summed E-state index contributed by atoms with van der Waals surface area (Å²) in [5.41, 5.74) is 1.61. The van der Waals surface area contributed by atoms with Gasteiger partial charge in [0.2, 0.25) is 0 Å². The average Bonchev–Trinajstić information content (AvgIpc) is 3.55. The molecular formula is C22H26N4O2S2. The Labute approximate surface area is 184 Å². The van der Waals surface area contributed by atoms with E-state index in [4.69, 9.17) is 0 Å². The van der Waals surface area contributed by atoms with Gasteiger partial charge in [0.05, 0.1) is 18.0 Å². The summed E-state index contributed by atoms with van der Waals surface area (Å²) < 4.78 is 2.12. The summed E-state index contributed by atoms with van der Waals surface area (Å²) in [4.78, 5) is 34.6. The molecule has 30 heavy (non-hydrogen) atoms. The Morgan fingerprint density at radius 1 is 1.17 bits per heavy atom.